The summed E-state index contributed by atoms with van der Waals surface area (Å²) in [6.45, 7) is 3.75. The van der Waals surface area contributed by atoms with Crippen LogP contribution in [0.5, 0.6) is 0 Å². The van der Waals surface area contributed by atoms with Crippen LogP contribution < -0.4 is 0 Å². The lowest BCUT2D eigenvalue weighted by atomic mass is 9.79. The van der Waals surface area contributed by atoms with Gasteiger partial charge in [-0.3, -0.25) is 4.90 Å². The monoisotopic (exact) mass is 317 g/mol. The van der Waals surface area contributed by atoms with Crippen molar-refractivity contribution in [1.29, 1.82) is 0 Å². The van der Waals surface area contributed by atoms with E-state index < -0.39 is 0 Å². The van der Waals surface area contributed by atoms with Gasteiger partial charge < -0.3 is 0 Å². The van der Waals surface area contributed by atoms with E-state index >= 15 is 0 Å². The Kier molecular flexibility index (Phi) is 3.35. The van der Waals surface area contributed by atoms with Gasteiger partial charge in [0.15, 0.2) is 0 Å². The fourth-order valence-corrected chi connectivity index (χ4v) is 5.72. The predicted octanol–water partition coefficient (Wildman–Crippen LogP) is 5.44. The Labute approximate surface area is 145 Å². The molecule has 3 aliphatic rings. The van der Waals surface area contributed by atoms with Gasteiger partial charge in [0.25, 0.3) is 0 Å². The molecule has 2 aromatic rings. The molecule has 124 valence electrons. The molecule has 0 spiro atoms. The van der Waals surface area contributed by atoms with Gasteiger partial charge in [0.2, 0.25) is 0 Å². The summed E-state index contributed by atoms with van der Waals surface area (Å²) in [6.07, 6.45) is 8.34. The molecule has 0 N–H and O–H groups in total. The van der Waals surface area contributed by atoms with Crippen molar-refractivity contribution >= 4 is 0 Å². The number of rotatable bonds is 2. The number of nitrogens with zero attached hydrogens (tertiary/aromatic N) is 1. The van der Waals surface area contributed by atoms with Gasteiger partial charge in [-0.05, 0) is 54.4 Å². The molecule has 0 amide bonds. The van der Waals surface area contributed by atoms with E-state index in [0.29, 0.717) is 6.04 Å². The van der Waals surface area contributed by atoms with Gasteiger partial charge in [-0.25, -0.2) is 0 Å². The normalized spacial score (nSPS) is 29.3. The molecule has 2 aliphatic heterocycles. The van der Waals surface area contributed by atoms with E-state index in [9.17, 15) is 0 Å². The van der Waals surface area contributed by atoms with Gasteiger partial charge >= 0.3 is 0 Å². The summed E-state index contributed by atoms with van der Waals surface area (Å²) in [5.74, 6) is 0.889. The zero-order valence-corrected chi connectivity index (χ0v) is 14.7. The second-order valence-electron chi connectivity index (χ2n) is 8.19. The third-order valence-corrected chi connectivity index (χ3v) is 6.93. The van der Waals surface area contributed by atoms with Crippen LogP contribution in [0.3, 0.4) is 0 Å². The fraction of sp³-hybridized carbons (Fsp3) is 0.478. The van der Waals surface area contributed by atoms with Gasteiger partial charge in [0, 0.05) is 12.6 Å². The highest BCUT2D eigenvalue weighted by Gasteiger charge is 2.52. The molecule has 2 atom stereocenters. The van der Waals surface area contributed by atoms with Crippen LogP contribution in [0.25, 0.3) is 0 Å². The summed E-state index contributed by atoms with van der Waals surface area (Å²) in [5, 5.41) is 0. The highest BCUT2D eigenvalue weighted by Crippen LogP contribution is 2.55. The highest BCUT2D eigenvalue weighted by atomic mass is 15.3. The minimum absolute atomic E-state index is 0.0630. The van der Waals surface area contributed by atoms with E-state index in [1.165, 1.54) is 45.1 Å². The molecule has 0 radical (unpaired) electrons. The molecule has 1 saturated carbocycles. The van der Waals surface area contributed by atoms with Crippen LogP contribution in [0.2, 0.25) is 0 Å². The summed E-state index contributed by atoms with van der Waals surface area (Å²) in [4.78, 5) is 2.86. The maximum Gasteiger partial charge on any atom is 0.0698 e. The van der Waals surface area contributed by atoms with Crippen LogP contribution in [0.15, 0.2) is 48.5 Å². The zero-order valence-electron chi connectivity index (χ0n) is 14.7. The summed E-state index contributed by atoms with van der Waals surface area (Å²) in [6, 6.07) is 19.0. The Morgan fingerprint density at radius 1 is 0.917 bits per heavy atom. The van der Waals surface area contributed by atoms with Crippen LogP contribution in [-0.4, -0.2) is 11.4 Å². The molecule has 1 aliphatic carbocycles. The Bertz CT molecular complexity index is 745. The number of benzene rings is 2. The Morgan fingerprint density at radius 3 is 2.46 bits per heavy atom. The van der Waals surface area contributed by atoms with Crippen LogP contribution in [-0.2, 0) is 12.0 Å². The van der Waals surface area contributed by atoms with E-state index in [0.717, 1.165) is 5.92 Å². The van der Waals surface area contributed by atoms with Crippen molar-refractivity contribution in [2.24, 2.45) is 5.92 Å². The molecule has 24 heavy (non-hydrogen) atoms. The van der Waals surface area contributed by atoms with Crippen LogP contribution >= 0.6 is 0 Å². The first-order valence-corrected chi connectivity index (χ1v) is 9.73. The summed E-state index contributed by atoms with van der Waals surface area (Å²) in [5.41, 5.74) is 6.29. The van der Waals surface area contributed by atoms with Crippen molar-refractivity contribution in [3.63, 3.8) is 0 Å². The summed E-state index contributed by atoms with van der Waals surface area (Å²) in [7, 11) is 0. The van der Waals surface area contributed by atoms with Gasteiger partial charge in [-0.2, -0.15) is 0 Å². The molecule has 1 fully saturated rings. The average Bonchev–Trinajstić information content (AvgIpc) is 2.80. The lowest BCUT2D eigenvalue weighted by Crippen LogP contribution is -2.47. The van der Waals surface area contributed by atoms with Gasteiger partial charge in [-0.15, -0.1) is 0 Å². The first kappa shape index (κ1) is 14.7. The second kappa shape index (κ2) is 5.46. The Balaban J connectivity index is 1.62. The molecule has 1 heteroatoms. The molecule has 5 rings (SSSR count). The smallest absolute Gasteiger partial charge is 0.0698 e. The quantitative estimate of drug-likeness (QED) is 0.712. The molecule has 2 aromatic carbocycles. The van der Waals surface area contributed by atoms with Gasteiger partial charge in [0.1, 0.15) is 0 Å². The molecule has 0 saturated heterocycles. The maximum atomic E-state index is 2.86. The van der Waals surface area contributed by atoms with E-state index in [1.54, 1.807) is 22.3 Å². The molecular weight excluding hydrogens is 290 g/mol. The largest absolute Gasteiger partial charge is 0.282 e. The first-order chi connectivity index (χ1) is 11.8. The zero-order chi connectivity index (χ0) is 16.1. The molecule has 2 bridgehead atoms. The van der Waals surface area contributed by atoms with Crippen molar-refractivity contribution in [3.05, 3.63) is 70.8 Å². The molecule has 0 unspecified atom stereocenters. The lowest BCUT2D eigenvalue weighted by molar-refractivity contribution is 0.0663. The third-order valence-electron chi connectivity index (χ3n) is 6.93. The molecule has 0 aromatic heterocycles. The van der Waals surface area contributed by atoms with Crippen molar-refractivity contribution < 1.29 is 0 Å². The van der Waals surface area contributed by atoms with E-state index in [4.69, 9.17) is 0 Å². The van der Waals surface area contributed by atoms with E-state index in [1.807, 2.05) is 0 Å². The predicted molar refractivity (Wildman–Crippen MR) is 99.1 cm³/mol. The molecule has 2 heterocycles. The van der Waals surface area contributed by atoms with Crippen molar-refractivity contribution in [2.75, 3.05) is 6.54 Å². The van der Waals surface area contributed by atoms with Crippen LogP contribution in [0.4, 0.5) is 0 Å². The minimum atomic E-state index is 0.0630. The van der Waals surface area contributed by atoms with E-state index in [2.05, 4.69) is 60.4 Å². The van der Waals surface area contributed by atoms with Crippen LogP contribution in [0.1, 0.15) is 67.3 Å². The number of fused-ring (bicyclic) bond motifs is 7. The highest BCUT2D eigenvalue weighted by molar-refractivity contribution is 5.54. The standard InChI is InChI=1S/C23H27N/c1-23-20-13-7-5-11-18(20)15-22(19-12-6-8-14-21(19)23)24(23)16-17-9-3-2-4-10-17/h5-8,11-14,17,22H,2-4,9-10,15-16H2,1H3/t22-,23+/m1/s1. The Hall–Kier alpha value is -1.60. The van der Waals surface area contributed by atoms with E-state index in [-0.39, 0.29) is 5.54 Å². The second-order valence-corrected chi connectivity index (χ2v) is 8.19. The summed E-state index contributed by atoms with van der Waals surface area (Å²) < 4.78 is 0. The van der Waals surface area contributed by atoms with Gasteiger partial charge in [0.05, 0.1) is 5.54 Å². The van der Waals surface area contributed by atoms with Crippen molar-refractivity contribution in [2.45, 2.75) is 57.0 Å². The molecule has 1 nitrogen and oxygen atoms in total. The minimum Gasteiger partial charge on any atom is -0.282 e. The third kappa shape index (κ3) is 1.97. The average molecular weight is 317 g/mol. The number of hydrogen-bond donors (Lipinski definition) is 0. The summed E-state index contributed by atoms with van der Waals surface area (Å²) >= 11 is 0. The SMILES string of the molecule is C[C@]12c3ccccc3C[C@H](c3ccccc31)N2CC1CCCCC1. The fourth-order valence-electron chi connectivity index (χ4n) is 5.72. The first-order valence-electron chi connectivity index (χ1n) is 9.73. The maximum absolute atomic E-state index is 2.86. The molecular formula is C23H27N. The van der Waals surface area contributed by atoms with Gasteiger partial charge in [-0.1, -0.05) is 67.8 Å². The van der Waals surface area contributed by atoms with Crippen molar-refractivity contribution in [3.8, 4) is 0 Å². The topological polar surface area (TPSA) is 3.24 Å². The van der Waals surface area contributed by atoms with Crippen LogP contribution in [0, 0.1) is 5.92 Å². The number of hydrogen-bond acceptors (Lipinski definition) is 1. The lowest BCUT2D eigenvalue weighted by Gasteiger charge is -2.46. The van der Waals surface area contributed by atoms with Crippen molar-refractivity contribution in [1.82, 2.24) is 4.90 Å². The Morgan fingerprint density at radius 2 is 1.62 bits per heavy atom.